The minimum absolute atomic E-state index is 0.423. The Morgan fingerprint density at radius 1 is 0.848 bits per heavy atom. The number of carbonyl (C=O) groups excluding carboxylic acids is 3. The second-order valence-corrected chi connectivity index (χ2v) is 6.60. The zero-order valence-electron chi connectivity index (χ0n) is 17.1. The highest BCUT2D eigenvalue weighted by Crippen LogP contribution is 2.20. The van der Waals surface area contributed by atoms with Gasteiger partial charge >= 0.3 is 5.97 Å². The minimum Gasteiger partial charge on any atom is -0.454 e. The van der Waals surface area contributed by atoms with Gasteiger partial charge in [0, 0.05) is 11.8 Å². The van der Waals surface area contributed by atoms with Crippen LogP contribution in [0.4, 0.5) is 25.8 Å². The van der Waals surface area contributed by atoms with Gasteiger partial charge in [0.25, 0.3) is 11.8 Å². The van der Waals surface area contributed by atoms with Crippen LogP contribution in [-0.4, -0.2) is 30.9 Å². The fraction of sp³-hybridized carbons (Fsp3) is 0.0870. The number of halogens is 2. The fourth-order valence-electron chi connectivity index (χ4n) is 2.54. The van der Waals surface area contributed by atoms with E-state index in [9.17, 15) is 23.2 Å². The number of hydrogen-bond donors (Lipinski definition) is 2. The maximum absolute atomic E-state index is 13.6. The van der Waals surface area contributed by atoms with Crippen molar-refractivity contribution < 1.29 is 27.9 Å². The number of nitrogens with zero attached hydrogens (tertiary/aromatic N) is 2. The van der Waals surface area contributed by atoms with Crippen molar-refractivity contribution in [1.82, 2.24) is 5.32 Å². The van der Waals surface area contributed by atoms with Gasteiger partial charge in [-0.05, 0) is 48.5 Å². The monoisotopic (exact) mass is 452 g/mol. The first kappa shape index (κ1) is 23.2. The van der Waals surface area contributed by atoms with Crippen molar-refractivity contribution in [2.75, 3.05) is 18.5 Å². The van der Waals surface area contributed by atoms with Gasteiger partial charge in [0.15, 0.2) is 6.61 Å². The Balaban J connectivity index is 1.41. The number of azo groups is 1. The second-order valence-electron chi connectivity index (χ2n) is 6.60. The second kappa shape index (κ2) is 11.2. The van der Waals surface area contributed by atoms with Crippen LogP contribution < -0.4 is 10.6 Å². The predicted octanol–water partition coefficient (Wildman–Crippen LogP) is 4.29. The summed E-state index contributed by atoms with van der Waals surface area (Å²) in [5.41, 5.74) is 1.32. The summed E-state index contributed by atoms with van der Waals surface area (Å²) in [6, 6.07) is 18.1. The van der Waals surface area contributed by atoms with Crippen LogP contribution >= 0.6 is 0 Å². The molecule has 2 amide bonds. The molecule has 0 atom stereocenters. The molecule has 3 rings (SSSR count). The molecule has 0 aliphatic carbocycles. The lowest BCUT2D eigenvalue weighted by atomic mass is 10.2. The van der Waals surface area contributed by atoms with E-state index in [1.807, 2.05) is 30.3 Å². The number of amides is 2. The summed E-state index contributed by atoms with van der Waals surface area (Å²) in [4.78, 5) is 35.5. The molecular formula is C23H18F2N4O4. The van der Waals surface area contributed by atoms with Crippen molar-refractivity contribution in [2.45, 2.75) is 0 Å². The Kier molecular flexibility index (Phi) is 7.90. The topological polar surface area (TPSA) is 109 Å². The molecule has 33 heavy (non-hydrogen) atoms. The van der Waals surface area contributed by atoms with E-state index in [-0.39, 0.29) is 0 Å². The van der Waals surface area contributed by atoms with Crippen LogP contribution in [0.25, 0.3) is 0 Å². The minimum atomic E-state index is -1.06. The van der Waals surface area contributed by atoms with E-state index in [0.717, 1.165) is 12.1 Å². The smallest absolute Gasteiger partial charge is 0.325 e. The third-order valence-corrected chi connectivity index (χ3v) is 4.12. The number of benzene rings is 3. The molecule has 0 aliphatic heterocycles. The largest absolute Gasteiger partial charge is 0.454 e. The summed E-state index contributed by atoms with van der Waals surface area (Å²) in [6.07, 6.45) is 0. The maximum Gasteiger partial charge on any atom is 0.325 e. The highest BCUT2D eigenvalue weighted by molar-refractivity contribution is 5.96. The third kappa shape index (κ3) is 7.31. The van der Waals surface area contributed by atoms with Gasteiger partial charge in [-0.1, -0.05) is 18.2 Å². The van der Waals surface area contributed by atoms with Crippen molar-refractivity contribution in [1.29, 1.82) is 0 Å². The Morgan fingerprint density at radius 3 is 2.18 bits per heavy atom. The average Bonchev–Trinajstić information content (AvgIpc) is 2.81. The number of anilines is 1. The van der Waals surface area contributed by atoms with Crippen molar-refractivity contribution in [2.24, 2.45) is 10.2 Å². The number of esters is 1. The lowest BCUT2D eigenvalue weighted by Crippen LogP contribution is -2.32. The zero-order valence-corrected chi connectivity index (χ0v) is 17.1. The summed E-state index contributed by atoms with van der Waals surface area (Å²) >= 11 is 0. The van der Waals surface area contributed by atoms with Gasteiger partial charge in [0.05, 0.1) is 16.9 Å². The lowest BCUT2D eigenvalue weighted by Gasteiger charge is -2.08. The van der Waals surface area contributed by atoms with Crippen LogP contribution in [0.15, 0.2) is 83.0 Å². The Bertz CT molecular complexity index is 1170. The lowest BCUT2D eigenvalue weighted by molar-refractivity contribution is -0.146. The third-order valence-electron chi connectivity index (χ3n) is 4.12. The van der Waals surface area contributed by atoms with Gasteiger partial charge in [-0.3, -0.25) is 14.4 Å². The van der Waals surface area contributed by atoms with E-state index in [1.165, 1.54) is 0 Å². The van der Waals surface area contributed by atoms with Crippen molar-refractivity contribution in [3.63, 3.8) is 0 Å². The number of ether oxygens (including phenoxy) is 1. The molecule has 0 saturated carbocycles. The summed E-state index contributed by atoms with van der Waals surface area (Å²) in [7, 11) is 0. The van der Waals surface area contributed by atoms with Gasteiger partial charge < -0.3 is 15.4 Å². The molecule has 0 unspecified atom stereocenters. The number of rotatable bonds is 8. The summed E-state index contributed by atoms with van der Waals surface area (Å²) < 4.78 is 31.2. The highest BCUT2D eigenvalue weighted by Gasteiger charge is 2.14. The van der Waals surface area contributed by atoms with Gasteiger partial charge in [0.2, 0.25) is 0 Å². The molecule has 8 nitrogen and oxygen atoms in total. The molecule has 0 aromatic heterocycles. The summed E-state index contributed by atoms with van der Waals surface area (Å²) in [6.45, 7) is -1.18. The van der Waals surface area contributed by atoms with Crippen LogP contribution in [0, 0.1) is 11.6 Å². The first-order chi connectivity index (χ1) is 15.9. The average molecular weight is 452 g/mol. The molecule has 0 fully saturated rings. The van der Waals surface area contributed by atoms with Gasteiger partial charge in [-0.2, -0.15) is 10.2 Å². The molecule has 168 valence electrons. The highest BCUT2D eigenvalue weighted by atomic mass is 19.1. The Hall–Kier alpha value is -4.47. The first-order valence-electron chi connectivity index (χ1n) is 9.66. The van der Waals surface area contributed by atoms with E-state index in [0.29, 0.717) is 23.1 Å². The Morgan fingerprint density at radius 2 is 1.52 bits per heavy atom. The molecule has 0 bridgehead atoms. The quantitative estimate of drug-likeness (QED) is 0.392. The maximum atomic E-state index is 13.6. The van der Waals surface area contributed by atoms with Crippen molar-refractivity contribution in [3.8, 4) is 0 Å². The van der Waals surface area contributed by atoms with E-state index < -0.39 is 48.1 Å². The van der Waals surface area contributed by atoms with E-state index in [4.69, 9.17) is 4.74 Å². The van der Waals surface area contributed by atoms with Crippen LogP contribution in [0.2, 0.25) is 0 Å². The van der Waals surface area contributed by atoms with Crippen molar-refractivity contribution in [3.05, 3.63) is 90.0 Å². The molecule has 0 saturated heterocycles. The summed E-state index contributed by atoms with van der Waals surface area (Å²) in [5, 5.41) is 12.9. The molecule has 0 heterocycles. The van der Waals surface area contributed by atoms with Crippen LogP contribution in [0.1, 0.15) is 10.4 Å². The standard InChI is InChI=1S/C23H18F2N4O4/c24-15-6-11-19(20(25)12-15)23(32)26-13-22(31)33-14-21(30)27-16-7-9-18(10-8-16)29-28-17-4-2-1-3-5-17/h1-12H,13-14H2,(H,26,32)(H,27,30). The van der Waals surface area contributed by atoms with Gasteiger partial charge in [-0.15, -0.1) is 0 Å². The molecule has 3 aromatic carbocycles. The molecule has 0 spiro atoms. The number of hydrogen-bond acceptors (Lipinski definition) is 6. The summed E-state index contributed by atoms with van der Waals surface area (Å²) in [5.74, 6) is -4.32. The fourth-order valence-corrected chi connectivity index (χ4v) is 2.54. The molecule has 10 heteroatoms. The normalized spacial score (nSPS) is 10.6. The van der Waals surface area contributed by atoms with E-state index >= 15 is 0 Å². The van der Waals surface area contributed by atoms with Crippen molar-refractivity contribution >= 4 is 34.8 Å². The van der Waals surface area contributed by atoms with Gasteiger partial charge in [0.1, 0.15) is 18.2 Å². The van der Waals surface area contributed by atoms with E-state index in [1.54, 1.807) is 24.3 Å². The molecule has 0 radical (unpaired) electrons. The molecule has 3 aromatic rings. The molecule has 0 aliphatic rings. The Labute approximate surface area is 187 Å². The predicted molar refractivity (Wildman–Crippen MR) is 115 cm³/mol. The SMILES string of the molecule is O=C(COC(=O)CNC(=O)c1ccc(F)cc1F)Nc1ccc(N=Nc2ccccc2)cc1. The van der Waals surface area contributed by atoms with Gasteiger partial charge in [-0.25, -0.2) is 8.78 Å². The molecule has 2 N–H and O–H groups in total. The van der Waals surface area contributed by atoms with E-state index in [2.05, 4.69) is 20.9 Å². The molecular weight excluding hydrogens is 434 g/mol. The number of carbonyl (C=O) groups is 3. The van der Waals surface area contributed by atoms with Crippen LogP contribution in [0.3, 0.4) is 0 Å². The first-order valence-corrected chi connectivity index (χ1v) is 9.66. The van der Waals surface area contributed by atoms with Crippen LogP contribution in [-0.2, 0) is 14.3 Å². The zero-order chi connectivity index (χ0) is 23.6. The number of nitrogens with one attached hydrogen (secondary N) is 2. The van der Waals surface area contributed by atoms with Crippen LogP contribution in [0.5, 0.6) is 0 Å².